The van der Waals surface area contributed by atoms with Crippen LogP contribution in [0.5, 0.6) is 0 Å². The number of benzene rings is 1. The van der Waals surface area contributed by atoms with Gasteiger partial charge in [0.05, 0.1) is 17.9 Å². The summed E-state index contributed by atoms with van der Waals surface area (Å²) in [5.41, 5.74) is 6.23. The minimum Gasteiger partial charge on any atom is -0.462 e. The molecule has 0 saturated carbocycles. The molecule has 0 unspecified atom stereocenters. The van der Waals surface area contributed by atoms with E-state index in [0.29, 0.717) is 12.2 Å². The summed E-state index contributed by atoms with van der Waals surface area (Å²) in [6.07, 6.45) is 0. The van der Waals surface area contributed by atoms with E-state index in [-0.39, 0.29) is 5.97 Å². The summed E-state index contributed by atoms with van der Waals surface area (Å²) in [7, 11) is 0. The normalized spacial score (nSPS) is 10.8. The predicted octanol–water partition coefficient (Wildman–Crippen LogP) is 4.44. The standard InChI is InChI=1S/C19H20N2O3/c1-5-23-19(22)16-10-17(20-11(16)2)14-6-8-15(9-7-14)18-12(3)21-24-13(18)4/h6-10,20H,5H2,1-4H3. The lowest BCUT2D eigenvalue weighted by atomic mass is 10.0. The first-order valence-electron chi connectivity index (χ1n) is 7.91. The van der Waals surface area contributed by atoms with Gasteiger partial charge in [0, 0.05) is 17.0 Å². The number of rotatable bonds is 4. The fraction of sp³-hybridized carbons (Fsp3) is 0.263. The first-order chi connectivity index (χ1) is 11.5. The summed E-state index contributed by atoms with van der Waals surface area (Å²) in [5, 5.41) is 3.99. The van der Waals surface area contributed by atoms with Crippen molar-refractivity contribution in [2.24, 2.45) is 0 Å². The number of aromatic nitrogens is 2. The van der Waals surface area contributed by atoms with Crippen molar-refractivity contribution in [2.45, 2.75) is 27.7 Å². The number of H-pyrrole nitrogens is 1. The molecule has 5 nitrogen and oxygen atoms in total. The molecule has 0 amide bonds. The van der Waals surface area contributed by atoms with Gasteiger partial charge in [-0.2, -0.15) is 0 Å². The molecule has 2 aromatic heterocycles. The second kappa shape index (κ2) is 6.35. The number of nitrogens with zero attached hydrogens (tertiary/aromatic N) is 1. The van der Waals surface area contributed by atoms with Gasteiger partial charge < -0.3 is 14.2 Å². The van der Waals surface area contributed by atoms with Crippen molar-refractivity contribution in [1.82, 2.24) is 10.1 Å². The Morgan fingerprint density at radius 3 is 2.42 bits per heavy atom. The zero-order valence-electron chi connectivity index (χ0n) is 14.3. The Morgan fingerprint density at radius 1 is 1.17 bits per heavy atom. The first-order valence-corrected chi connectivity index (χ1v) is 7.91. The molecule has 2 heterocycles. The quantitative estimate of drug-likeness (QED) is 0.720. The molecule has 3 rings (SSSR count). The molecule has 0 spiro atoms. The Morgan fingerprint density at radius 2 is 1.83 bits per heavy atom. The minimum atomic E-state index is -0.301. The summed E-state index contributed by atoms with van der Waals surface area (Å²) in [6, 6.07) is 9.92. The highest BCUT2D eigenvalue weighted by atomic mass is 16.5. The predicted molar refractivity (Wildman–Crippen MR) is 91.9 cm³/mol. The van der Waals surface area contributed by atoms with Gasteiger partial charge in [-0.15, -0.1) is 0 Å². The number of esters is 1. The van der Waals surface area contributed by atoms with E-state index < -0.39 is 0 Å². The van der Waals surface area contributed by atoms with Crippen LogP contribution in [0.3, 0.4) is 0 Å². The number of aryl methyl sites for hydroxylation is 3. The van der Waals surface area contributed by atoms with Crippen molar-refractivity contribution in [3.63, 3.8) is 0 Å². The van der Waals surface area contributed by atoms with E-state index in [0.717, 1.165) is 39.5 Å². The van der Waals surface area contributed by atoms with Crippen molar-refractivity contribution in [1.29, 1.82) is 0 Å². The van der Waals surface area contributed by atoms with Crippen LogP contribution in [0.1, 0.15) is 34.4 Å². The van der Waals surface area contributed by atoms with Crippen molar-refractivity contribution < 1.29 is 14.1 Å². The average molecular weight is 324 g/mol. The van der Waals surface area contributed by atoms with Crippen LogP contribution < -0.4 is 0 Å². The molecule has 0 saturated heterocycles. The highest BCUT2D eigenvalue weighted by Crippen LogP contribution is 2.29. The van der Waals surface area contributed by atoms with Crippen LogP contribution in [0.2, 0.25) is 0 Å². The Bertz CT molecular complexity index is 853. The molecule has 5 heteroatoms. The van der Waals surface area contributed by atoms with Gasteiger partial charge in [0.25, 0.3) is 0 Å². The Kier molecular flexibility index (Phi) is 4.25. The average Bonchev–Trinajstić information content (AvgIpc) is 3.11. The molecule has 0 aliphatic heterocycles. The van der Waals surface area contributed by atoms with Crippen LogP contribution in [-0.2, 0) is 4.74 Å². The highest BCUT2D eigenvalue weighted by Gasteiger charge is 2.15. The molecule has 24 heavy (non-hydrogen) atoms. The van der Waals surface area contributed by atoms with Crippen molar-refractivity contribution in [3.05, 3.63) is 53.0 Å². The van der Waals surface area contributed by atoms with Crippen molar-refractivity contribution in [2.75, 3.05) is 6.61 Å². The largest absolute Gasteiger partial charge is 0.462 e. The van der Waals surface area contributed by atoms with Gasteiger partial charge in [0.2, 0.25) is 0 Å². The third-order valence-corrected chi connectivity index (χ3v) is 4.03. The van der Waals surface area contributed by atoms with Crippen LogP contribution in [-0.4, -0.2) is 22.7 Å². The Balaban J connectivity index is 1.92. The summed E-state index contributed by atoms with van der Waals surface area (Å²) >= 11 is 0. The molecule has 0 fully saturated rings. The van der Waals surface area contributed by atoms with E-state index in [1.165, 1.54) is 0 Å². The summed E-state index contributed by atoms with van der Waals surface area (Å²) in [4.78, 5) is 15.2. The molecule has 124 valence electrons. The molecule has 3 aromatic rings. The number of aromatic amines is 1. The topological polar surface area (TPSA) is 68.1 Å². The van der Waals surface area contributed by atoms with Crippen LogP contribution in [0.25, 0.3) is 22.4 Å². The maximum absolute atomic E-state index is 11.9. The summed E-state index contributed by atoms with van der Waals surface area (Å²) in [5.74, 6) is 0.505. The molecule has 1 aromatic carbocycles. The van der Waals surface area contributed by atoms with E-state index >= 15 is 0 Å². The second-order valence-electron chi connectivity index (χ2n) is 5.72. The zero-order chi connectivity index (χ0) is 17.3. The molecule has 0 aliphatic rings. The lowest BCUT2D eigenvalue weighted by Gasteiger charge is -2.03. The van der Waals surface area contributed by atoms with Crippen molar-refractivity contribution in [3.8, 4) is 22.4 Å². The number of hydrogen-bond acceptors (Lipinski definition) is 4. The SMILES string of the molecule is CCOC(=O)c1cc(-c2ccc(-c3c(C)noc3C)cc2)[nH]c1C. The highest BCUT2D eigenvalue weighted by molar-refractivity contribution is 5.92. The van der Waals surface area contributed by atoms with Gasteiger partial charge in [0.1, 0.15) is 5.76 Å². The number of ether oxygens (including phenoxy) is 1. The molecular weight excluding hydrogens is 304 g/mol. The summed E-state index contributed by atoms with van der Waals surface area (Å²) in [6.45, 7) is 7.87. The maximum atomic E-state index is 11.9. The van der Waals surface area contributed by atoms with E-state index in [1.807, 2.05) is 51.1 Å². The van der Waals surface area contributed by atoms with Crippen LogP contribution in [0, 0.1) is 20.8 Å². The van der Waals surface area contributed by atoms with Crippen LogP contribution in [0.15, 0.2) is 34.9 Å². The van der Waals surface area contributed by atoms with E-state index in [4.69, 9.17) is 9.26 Å². The van der Waals surface area contributed by atoms with Gasteiger partial charge in [-0.3, -0.25) is 0 Å². The van der Waals surface area contributed by atoms with Gasteiger partial charge in [0.15, 0.2) is 0 Å². The Hall–Kier alpha value is -2.82. The zero-order valence-corrected chi connectivity index (χ0v) is 14.3. The monoisotopic (exact) mass is 324 g/mol. The lowest BCUT2D eigenvalue weighted by Crippen LogP contribution is -2.04. The smallest absolute Gasteiger partial charge is 0.339 e. The van der Waals surface area contributed by atoms with Crippen LogP contribution >= 0.6 is 0 Å². The van der Waals surface area contributed by atoms with Gasteiger partial charge in [-0.1, -0.05) is 29.4 Å². The molecule has 0 aliphatic carbocycles. The molecule has 0 bridgehead atoms. The van der Waals surface area contributed by atoms with E-state index in [2.05, 4.69) is 10.1 Å². The van der Waals surface area contributed by atoms with E-state index in [9.17, 15) is 4.79 Å². The van der Waals surface area contributed by atoms with Gasteiger partial charge in [-0.05, 0) is 44.9 Å². The van der Waals surface area contributed by atoms with Gasteiger partial charge >= 0.3 is 5.97 Å². The third-order valence-electron chi connectivity index (χ3n) is 4.03. The molecule has 1 N–H and O–H groups in total. The first kappa shape index (κ1) is 16.1. The fourth-order valence-electron chi connectivity index (χ4n) is 2.85. The third kappa shape index (κ3) is 2.85. The lowest BCUT2D eigenvalue weighted by molar-refractivity contribution is 0.0526. The molecular formula is C19H20N2O3. The van der Waals surface area contributed by atoms with E-state index in [1.54, 1.807) is 6.92 Å². The fourth-order valence-corrected chi connectivity index (χ4v) is 2.85. The van der Waals surface area contributed by atoms with Crippen molar-refractivity contribution >= 4 is 5.97 Å². The number of carbonyl (C=O) groups is 1. The number of carbonyl (C=O) groups excluding carboxylic acids is 1. The second-order valence-corrected chi connectivity index (χ2v) is 5.72. The van der Waals surface area contributed by atoms with Gasteiger partial charge in [-0.25, -0.2) is 4.79 Å². The number of nitrogens with one attached hydrogen (secondary N) is 1. The summed E-state index contributed by atoms with van der Waals surface area (Å²) < 4.78 is 10.3. The molecule has 0 atom stereocenters. The molecule has 0 radical (unpaired) electrons. The Labute approximate surface area is 140 Å². The van der Waals surface area contributed by atoms with Crippen LogP contribution in [0.4, 0.5) is 0 Å². The number of hydrogen-bond donors (Lipinski definition) is 1. The minimum absolute atomic E-state index is 0.301. The maximum Gasteiger partial charge on any atom is 0.339 e.